The fraction of sp³-hybridized carbons (Fsp3) is 0.679. The van der Waals surface area contributed by atoms with Crippen LogP contribution in [0.5, 0.6) is 5.75 Å². The summed E-state index contributed by atoms with van der Waals surface area (Å²) >= 11 is 0. The van der Waals surface area contributed by atoms with Crippen molar-refractivity contribution in [3.05, 3.63) is 29.1 Å². The molecule has 0 saturated carbocycles. The zero-order valence-electron chi connectivity index (χ0n) is 25.3. The topological polar surface area (TPSA) is 157 Å². The highest BCUT2D eigenvalue weighted by molar-refractivity contribution is 5.80. The van der Waals surface area contributed by atoms with Crippen molar-refractivity contribution in [1.82, 2.24) is 5.32 Å². The molecule has 1 amide bonds. The molecule has 0 unspecified atom stereocenters. The second-order valence-electron chi connectivity index (χ2n) is 9.01. The molecule has 2 N–H and O–H groups in total. The first-order valence-corrected chi connectivity index (χ1v) is 14.4. The van der Waals surface area contributed by atoms with E-state index < -0.39 is 53.2 Å². The van der Waals surface area contributed by atoms with Gasteiger partial charge in [-0.25, -0.2) is 13.2 Å². The Bertz CT molecular complexity index is 1010. The van der Waals surface area contributed by atoms with Crippen LogP contribution in [0, 0.1) is 29.1 Å². The van der Waals surface area contributed by atoms with Crippen LogP contribution in [0.25, 0.3) is 0 Å². The molecule has 1 aromatic rings. The van der Waals surface area contributed by atoms with E-state index in [-0.39, 0.29) is 45.2 Å². The number of carboxylic acids is 1. The summed E-state index contributed by atoms with van der Waals surface area (Å²) in [5, 5.41) is 11.1. The van der Waals surface area contributed by atoms with Crippen LogP contribution in [0.15, 0.2) is 0 Å². The summed E-state index contributed by atoms with van der Waals surface area (Å²) in [7, 11) is 0. The first kappa shape index (κ1) is 41.0. The first-order valence-electron chi connectivity index (χ1n) is 14.4. The molecular weight excluding hydrogens is 637 g/mol. The van der Waals surface area contributed by atoms with Crippen LogP contribution in [0.1, 0.15) is 25.7 Å². The molecule has 0 saturated heterocycles. The fourth-order valence-electron chi connectivity index (χ4n) is 3.13. The summed E-state index contributed by atoms with van der Waals surface area (Å²) in [5.74, 6) is -15.5. The van der Waals surface area contributed by atoms with Crippen LogP contribution in [0.2, 0.25) is 0 Å². The number of carbonyl (C=O) groups excluding carboxylic acids is 2. The van der Waals surface area contributed by atoms with Gasteiger partial charge >= 0.3 is 11.9 Å². The van der Waals surface area contributed by atoms with E-state index in [2.05, 4.69) is 10.1 Å². The van der Waals surface area contributed by atoms with E-state index in [0.717, 1.165) is 0 Å². The molecule has 13 nitrogen and oxygen atoms in total. The smallest absolute Gasteiger partial charge is 0.313 e. The van der Waals surface area contributed by atoms with Gasteiger partial charge in [-0.2, -0.15) is 8.78 Å². The summed E-state index contributed by atoms with van der Waals surface area (Å²) in [6.07, 6.45) is -0.119. The summed E-state index contributed by atoms with van der Waals surface area (Å²) < 4.78 is 108. The number of amides is 1. The second kappa shape index (κ2) is 26.1. The molecule has 0 aliphatic carbocycles. The molecular formula is C28H40F5NO12. The van der Waals surface area contributed by atoms with Gasteiger partial charge in [0.2, 0.25) is 40.7 Å². The van der Waals surface area contributed by atoms with E-state index in [1.54, 1.807) is 0 Å². The lowest BCUT2D eigenvalue weighted by Gasteiger charge is -2.09. The lowest BCUT2D eigenvalue weighted by Crippen LogP contribution is -2.25. The standard InChI is InChI=1S/C28H40F5NO12/c29-23-24(30)26(32)28(27(33)25(23)31)46-22(38)4-7-40-9-11-42-13-15-44-17-19-45-18-16-43-14-12-41-10-8-39-6-1-5-34-20(35)2-3-21(36)37/h1-19H2,(H,34,35)(H,36,37). The minimum atomic E-state index is -2.36. The number of hydrogen-bond donors (Lipinski definition) is 2. The first-order chi connectivity index (χ1) is 22.1. The van der Waals surface area contributed by atoms with E-state index >= 15 is 0 Å². The van der Waals surface area contributed by atoms with Gasteiger partial charge in [-0.15, -0.1) is 0 Å². The third kappa shape index (κ3) is 19.5. The highest BCUT2D eigenvalue weighted by Gasteiger charge is 2.28. The van der Waals surface area contributed by atoms with Crippen molar-refractivity contribution in [2.24, 2.45) is 0 Å². The average Bonchev–Trinajstić information content (AvgIpc) is 3.03. The second-order valence-corrected chi connectivity index (χ2v) is 9.01. The van der Waals surface area contributed by atoms with Gasteiger partial charge in [-0.3, -0.25) is 14.4 Å². The zero-order chi connectivity index (χ0) is 34.0. The van der Waals surface area contributed by atoms with Gasteiger partial charge in [-0.05, 0) is 6.42 Å². The molecule has 1 rings (SSSR count). The maximum Gasteiger partial charge on any atom is 0.313 e. The van der Waals surface area contributed by atoms with Gasteiger partial charge in [0.1, 0.15) is 0 Å². The van der Waals surface area contributed by atoms with Gasteiger partial charge in [0.15, 0.2) is 0 Å². The van der Waals surface area contributed by atoms with Crippen LogP contribution < -0.4 is 10.1 Å². The Labute approximate surface area is 262 Å². The molecule has 0 atom stereocenters. The number of nitrogens with one attached hydrogen (secondary N) is 1. The lowest BCUT2D eigenvalue weighted by atomic mass is 10.2. The number of carbonyl (C=O) groups is 3. The molecule has 0 aromatic heterocycles. The van der Waals surface area contributed by atoms with Crippen LogP contribution in [-0.2, 0) is 47.5 Å². The summed E-state index contributed by atoms with van der Waals surface area (Å²) in [6.45, 7) is 4.45. The van der Waals surface area contributed by atoms with E-state index in [1.807, 2.05) is 0 Å². The van der Waals surface area contributed by atoms with Crippen molar-refractivity contribution in [3.63, 3.8) is 0 Å². The van der Waals surface area contributed by atoms with E-state index in [4.69, 9.17) is 38.3 Å². The van der Waals surface area contributed by atoms with Crippen molar-refractivity contribution in [3.8, 4) is 5.75 Å². The Balaban J connectivity index is 1.80. The van der Waals surface area contributed by atoms with E-state index in [0.29, 0.717) is 79.0 Å². The highest BCUT2D eigenvalue weighted by atomic mass is 19.2. The molecule has 1 aromatic carbocycles. The average molecular weight is 678 g/mol. The van der Waals surface area contributed by atoms with Gasteiger partial charge in [0.05, 0.1) is 98.7 Å². The normalized spacial score (nSPS) is 11.2. The number of rotatable bonds is 29. The minimum Gasteiger partial charge on any atom is -0.481 e. The molecule has 0 aliphatic heterocycles. The monoisotopic (exact) mass is 677 g/mol. The molecule has 0 spiro atoms. The number of esters is 1. The molecule has 0 fully saturated rings. The zero-order valence-corrected chi connectivity index (χ0v) is 25.3. The Morgan fingerprint density at radius 2 is 0.870 bits per heavy atom. The molecule has 18 heteroatoms. The Morgan fingerprint density at radius 1 is 0.500 bits per heavy atom. The Kier molecular flexibility index (Phi) is 23.3. The fourth-order valence-corrected chi connectivity index (χ4v) is 3.13. The third-order valence-electron chi connectivity index (χ3n) is 5.42. The largest absolute Gasteiger partial charge is 0.481 e. The predicted octanol–water partition coefficient (Wildman–Crippen LogP) is 2.16. The number of benzene rings is 1. The van der Waals surface area contributed by atoms with Crippen LogP contribution in [0.3, 0.4) is 0 Å². The van der Waals surface area contributed by atoms with Crippen molar-refractivity contribution in [2.45, 2.75) is 25.7 Å². The maximum absolute atomic E-state index is 13.5. The van der Waals surface area contributed by atoms with Crippen molar-refractivity contribution in [2.75, 3.05) is 99.0 Å². The minimum absolute atomic E-state index is 0.0411. The maximum atomic E-state index is 13.5. The molecule has 0 bridgehead atoms. The van der Waals surface area contributed by atoms with Gasteiger partial charge in [-0.1, -0.05) is 0 Å². The summed E-state index contributed by atoms with van der Waals surface area (Å²) in [6, 6.07) is 0. The number of hydrogen-bond acceptors (Lipinski definition) is 11. The van der Waals surface area contributed by atoms with Crippen LogP contribution in [0.4, 0.5) is 22.0 Å². The molecule has 0 aliphatic rings. The number of halogens is 5. The van der Waals surface area contributed by atoms with Gasteiger partial charge in [0, 0.05) is 19.6 Å². The number of carboxylic acid groups (broad SMARTS) is 1. The van der Waals surface area contributed by atoms with Gasteiger partial charge < -0.3 is 48.3 Å². The Hall–Kier alpha value is -3.00. The molecule has 0 radical (unpaired) electrons. The van der Waals surface area contributed by atoms with Crippen LogP contribution >= 0.6 is 0 Å². The quantitative estimate of drug-likeness (QED) is 0.0319. The van der Waals surface area contributed by atoms with E-state index in [9.17, 15) is 36.3 Å². The van der Waals surface area contributed by atoms with Gasteiger partial charge in [0.25, 0.3) is 0 Å². The third-order valence-corrected chi connectivity index (χ3v) is 5.42. The van der Waals surface area contributed by atoms with E-state index in [1.165, 1.54) is 0 Å². The lowest BCUT2D eigenvalue weighted by molar-refractivity contribution is -0.139. The summed E-state index contributed by atoms with van der Waals surface area (Å²) in [4.78, 5) is 33.3. The molecule has 264 valence electrons. The van der Waals surface area contributed by atoms with Crippen molar-refractivity contribution < 1.29 is 79.3 Å². The van der Waals surface area contributed by atoms with Crippen molar-refractivity contribution in [1.29, 1.82) is 0 Å². The van der Waals surface area contributed by atoms with Crippen molar-refractivity contribution >= 4 is 17.8 Å². The summed E-state index contributed by atoms with van der Waals surface area (Å²) in [5.41, 5.74) is 0. The predicted molar refractivity (Wildman–Crippen MR) is 147 cm³/mol. The SMILES string of the molecule is O=C(O)CCC(=O)NCCCOCCOCCOCCOCCOCCOCCOCCC(=O)Oc1c(F)c(F)c(F)c(F)c1F. The van der Waals surface area contributed by atoms with Crippen LogP contribution in [-0.4, -0.2) is 122 Å². The highest BCUT2D eigenvalue weighted by Crippen LogP contribution is 2.29. The molecule has 46 heavy (non-hydrogen) atoms. The molecule has 0 heterocycles. The Morgan fingerprint density at radius 3 is 1.28 bits per heavy atom. The number of ether oxygens (including phenoxy) is 8. The number of aliphatic carboxylic acids is 1.